The van der Waals surface area contributed by atoms with Crippen LogP contribution in [-0.4, -0.2) is 24.2 Å². The Morgan fingerprint density at radius 2 is 1.14 bits per heavy atom. The molecule has 0 unspecified atom stereocenters. The van der Waals surface area contributed by atoms with Gasteiger partial charge in [-0.2, -0.15) is 6.08 Å². The van der Waals surface area contributed by atoms with Gasteiger partial charge in [0.2, 0.25) is 0 Å². The predicted molar refractivity (Wildman–Crippen MR) is 89.5 cm³/mol. The van der Waals surface area contributed by atoms with Gasteiger partial charge < -0.3 is 10.6 Å². The summed E-state index contributed by atoms with van der Waals surface area (Å²) in [7, 11) is 0. The van der Waals surface area contributed by atoms with Crippen molar-refractivity contribution in [3.05, 3.63) is 34.9 Å². The quantitative estimate of drug-likeness (QED) is 0.624. The van der Waals surface area contributed by atoms with Crippen LogP contribution in [0, 0.1) is 6.08 Å². The van der Waals surface area contributed by atoms with Gasteiger partial charge in [0.1, 0.15) is 0 Å². The molecule has 0 aliphatic heterocycles. The molecule has 1 aliphatic rings. The molecule has 0 amide bonds. The summed E-state index contributed by atoms with van der Waals surface area (Å²) in [6.07, 6.45) is 10.0. The van der Waals surface area contributed by atoms with E-state index in [-0.39, 0.29) is 0 Å². The Hall–Kier alpha value is -0.216. The van der Waals surface area contributed by atoms with Gasteiger partial charge in [0.05, 0.1) is 0 Å². The molecule has 1 rings (SSSR count). The van der Waals surface area contributed by atoms with E-state index in [0.29, 0.717) is 24.2 Å². The van der Waals surface area contributed by atoms with Gasteiger partial charge in [-0.1, -0.05) is 55.4 Å². The van der Waals surface area contributed by atoms with Crippen molar-refractivity contribution in [2.45, 2.75) is 86.0 Å². The van der Waals surface area contributed by atoms with E-state index in [2.05, 4.69) is 78.2 Å². The molecule has 0 heterocycles. The Morgan fingerprint density at radius 3 is 1.19 bits per heavy atom. The zero-order valence-corrected chi connectivity index (χ0v) is 16.4. The maximum absolute atomic E-state index is 8.19. The third-order valence-electron chi connectivity index (χ3n) is 1.78. The van der Waals surface area contributed by atoms with Crippen LogP contribution in [-0.2, 0) is 21.0 Å². The summed E-state index contributed by atoms with van der Waals surface area (Å²) in [5.74, 6) is 0. The van der Waals surface area contributed by atoms with E-state index in [4.69, 9.17) is 3.67 Å². The summed E-state index contributed by atoms with van der Waals surface area (Å²) in [6, 6.07) is 2.00. The van der Waals surface area contributed by atoms with Crippen LogP contribution in [0.15, 0.2) is 18.2 Å². The van der Waals surface area contributed by atoms with Crippen molar-refractivity contribution in [2.24, 2.45) is 0 Å². The second kappa shape index (κ2) is 19.8. The summed E-state index contributed by atoms with van der Waals surface area (Å²) in [6.45, 7) is 16.8. The van der Waals surface area contributed by atoms with Gasteiger partial charge in [0.15, 0.2) is 0 Å². The molecule has 21 heavy (non-hydrogen) atoms. The van der Waals surface area contributed by atoms with E-state index >= 15 is 0 Å². The van der Waals surface area contributed by atoms with Crippen molar-refractivity contribution >= 4 is 0 Å². The van der Waals surface area contributed by atoms with Gasteiger partial charge in [0, 0.05) is 0 Å². The molecule has 0 bridgehead atoms. The summed E-state index contributed by atoms with van der Waals surface area (Å²) < 4.78 is 8.19. The number of rotatable bonds is 4. The monoisotopic (exact) mass is 332 g/mol. The minimum absolute atomic E-state index is 0.500. The molecular weight excluding hydrogens is 299 g/mol. The van der Waals surface area contributed by atoms with Crippen LogP contribution >= 0.6 is 0 Å². The SMILES string of the molecule is CC(C)[N-]C(C)C.CC(C)[N-]C(C)C.[C-]1=CC=CC1.[O]=[V]. The molecule has 125 valence electrons. The molecule has 0 aromatic heterocycles. The molecule has 0 spiro atoms. The van der Waals surface area contributed by atoms with Gasteiger partial charge in [-0.25, -0.2) is 12.2 Å². The van der Waals surface area contributed by atoms with Crippen LogP contribution in [0.3, 0.4) is 0 Å². The Kier molecular flexibility index (Phi) is 24.2. The van der Waals surface area contributed by atoms with Crippen LogP contribution in [0.4, 0.5) is 0 Å². The van der Waals surface area contributed by atoms with Crippen LogP contribution < -0.4 is 0 Å². The second-order valence-electron chi connectivity index (χ2n) is 5.68. The number of hydrogen-bond acceptors (Lipinski definition) is 1. The Balaban J connectivity index is -0.000000220. The Morgan fingerprint density at radius 1 is 0.810 bits per heavy atom. The third kappa shape index (κ3) is 38.3. The molecule has 0 saturated heterocycles. The van der Waals surface area contributed by atoms with Gasteiger partial charge in [-0.3, -0.25) is 6.08 Å². The van der Waals surface area contributed by atoms with E-state index in [0.717, 1.165) is 23.8 Å². The van der Waals surface area contributed by atoms with Crippen LogP contribution in [0.5, 0.6) is 0 Å². The van der Waals surface area contributed by atoms with E-state index in [1.54, 1.807) is 0 Å². The zero-order chi connectivity index (χ0) is 17.3. The maximum atomic E-state index is 8.19. The van der Waals surface area contributed by atoms with Crippen molar-refractivity contribution < 1.29 is 21.0 Å². The van der Waals surface area contributed by atoms with Gasteiger partial charge in [-0.05, 0) is 0 Å². The third-order valence-corrected chi connectivity index (χ3v) is 1.78. The average molecular weight is 332 g/mol. The first-order valence-corrected chi connectivity index (χ1v) is 8.12. The first-order chi connectivity index (χ1) is 9.75. The molecule has 0 atom stereocenters. The number of hydrogen-bond donors (Lipinski definition) is 0. The molecular formula is C17H33N2OV-3. The fourth-order valence-electron chi connectivity index (χ4n) is 1.53. The fraction of sp³-hybridized carbons (Fsp3) is 0.765. The van der Waals surface area contributed by atoms with E-state index in [1.165, 1.54) is 0 Å². The van der Waals surface area contributed by atoms with Crippen molar-refractivity contribution in [3.8, 4) is 0 Å². The number of nitrogens with zero attached hydrogens (tertiary/aromatic N) is 2. The Bertz CT molecular complexity index is 213. The molecule has 4 heteroatoms. The molecule has 0 fully saturated rings. The molecule has 0 N–H and O–H groups in total. The normalized spacial score (nSPS) is 11.8. The molecule has 0 aromatic rings. The van der Waals surface area contributed by atoms with Crippen LogP contribution in [0.2, 0.25) is 0 Å². The molecule has 3 nitrogen and oxygen atoms in total. The van der Waals surface area contributed by atoms with Crippen molar-refractivity contribution in [1.29, 1.82) is 0 Å². The van der Waals surface area contributed by atoms with Gasteiger partial charge in [0.25, 0.3) is 0 Å². The van der Waals surface area contributed by atoms with Crippen molar-refractivity contribution in [1.82, 2.24) is 0 Å². The standard InChI is InChI=1S/2C6H14N.C5H5.O.V/c2*1-5(2)7-6(3)4;1-2-4-5-3-1;;/h2*5-6H,1-4H3;1-3H,4H2;;/q3*-1;;. The Labute approximate surface area is 142 Å². The minimum atomic E-state index is 0.500. The van der Waals surface area contributed by atoms with E-state index in [9.17, 15) is 0 Å². The molecule has 0 aromatic carbocycles. The number of allylic oxidation sites excluding steroid dienone is 4. The van der Waals surface area contributed by atoms with Crippen LogP contribution in [0.1, 0.15) is 61.8 Å². The van der Waals surface area contributed by atoms with Crippen LogP contribution in [0.25, 0.3) is 10.6 Å². The summed E-state index contributed by atoms with van der Waals surface area (Å²) >= 11 is 1.06. The van der Waals surface area contributed by atoms with Gasteiger partial charge in [-0.15, -0.1) is 30.6 Å². The predicted octanol–water partition coefficient (Wildman–Crippen LogP) is 5.54. The molecule has 0 radical (unpaired) electrons. The summed E-state index contributed by atoms with van der Waals surface area (Å²) in [5, 5.41) is 8.56. The average Bonchev–Trinajstić information content (AvgIpc) is 2.86. The van der Waals surface area contributed by atoms with Gasteiger partial charge >= 0.3 is 21.0 Å². The zero-order valence-electron chi connectivity index (χ0n) is 15.0. The second-order valence-corrected chi connectivity index (χ2v) is 5.68. The van der Waals surface area contributed by atoms with Crippen molar-refractivity contribution in [3.63, 3.8) is 0 Å². The van der Waals surface area contributed by atoms with Crippen molar-refractivity contribution in [2.75, 3.05) is 0 Å². The summed E-state index contributed by atoms with van der Waals surface area (Å²) in [4.78, 5) is 0. The van der Waals surface area contributed by atoms with E-state index < -0.39 is 0 Å². The fourth-order valence-corrected chi connectivity index (χ4v) is 1.53. The summed E-state index contributed by atoms with van der Waals surface area (Å²) in [5.41, 5.74) is 0. The topological polar surface area (TPSA) is 45.3 Å². The molecule has 1 aliphatic carbocycles. The first kappa shape index (κ1) is 25.7. The van der Waals surface area contributed by atoms with E-state index in [1.807, 2.05) is 12.2 Å². The first-order valence-electron chi connectivity index (χ1n) is 7.55. The molecule has 0 saturated carbocycles.